The highest BCUT2D eigenvalue weighted by atomic mass is 16.5. The van der Waals surface area contributed by atoms with Crippen LogP contribution in [0, 0.1) is 0 Å². The van der Waals surface area contributed by atoms with Gasteiger partial charge in [-0.1, -0.05) is 5.16 Å². The largest absolute Gasteiger partial charge is 0.385 e. The van der Waals surface area contributed by atoms with E-state index in [2.05, 4.69) is 37.6 Å². The zero-order valence-corrected chi connectivity index (χ0v) is 17.7. The number of nitrogens with one attached hydrogen (secondary N) is 2. The first kappa shape index (κ1) is 22.6. The molecule has 0 aromatic carbocycles. The minimum Gasteiger partial charge on any atom is -0.385 e. The van der Waals surface area contributed by atoms with Gasteiger partial charge in [0.1, 0.15) is 12.6 Å². The van der Waals surface area contributed by atoms with Crippen molar-refractivity contribution in [1.29, 1.82) is 0 Å². The van der Waals surface area contributed by atoms with Crippen LogP contribution >= 0.6 is 0 Å². The van der Waals surface area contributed by atoms with Gasteiger partial charge in [-0.15, -0.1) is 0 Å². The number of guanidine groups is 1. The van der Waals surface area contributed by atoms with E-state index in [1.54, 1.807) is 7.11 Å². The predicted octanol–water partition coefficient (Wildman–Crippen LogP) is 1.72. The molecule has 0 aliphatic carbocycles. The van der Waals surface area contributed by atoms with Crippen molar-refractivity contribution in [2.45, 2.75) is 58.7 Å². The van der Waals surface area contributed by atoms with Gasteiger partial charge in [0.25, 0.3) is 0 Å². The molecule has 2 rings (SSSR count). The second kappa shape index (κ2) is 12.7. The quantitative estimate of drug-likeness (QED) is 0.332. The Morgan fingerprint density at radius 1 is 1.36 bits per heavy atom. The summed E-state index contributed by atoms with van der Waals surface area (Å²) in [5.74, 6) is 1.84. The number of rotatable bonds is 11. The fourth-order valence-corrected chi connectivity index (χ4v) is 3.22. The highest BCUT2D eigenvalue weighted by molar-refractivity contribution is 5.80. The summed E-state index contributed by atoms with van der Waals surface area (Å²) in [5.41, 5.74) is 0. The summed E-state index contributed by atoms with van der Waals surface area (Å²) in [5, 5.41) is 10.8. The zero-order chi connectivity index (χ0) is 20.2. The number of piperidine rings is 1. The summed E-state index contributed by atoms with van der Waals surface area (Å²) in [4.78, 5) is 11.5. The molecule has 1 aliphatic rings. The molecule has 0 spiro atoms. The lowest BCUT2D eigenvalue weighted by atomic mass is 10.1. The monoisotopic (exact) mass is 396 g/mol. The summed E-state index contributed by atoms with van der Waals surface area (Å²) >= 11 is 0. The van der Waals surface area contributed by atoms with Crippen molar-refractivity contribution in [3.8, 4) is 0 Å². The Morgan fingerprint density at radius 3 is 2.82 bits per heavy atom. The molecule has 0 saturated carbocycles. The Kier molecular flexibility index (Phi) is 10.2. The van der Waals surface area contributed by atoms with Crippen LogP contribution in [0.2, 0.25) is 0 Å². The maximum Gasteiger partial charge on any atom is 0.248 e. The maximum atomic E-state index is 5.49. The average Bonchev–Trinajstić information content (AvgIpc) is 3.17. The molecule has 1 aliphatic heterocycles. The van der Waals surface area contributed by atoms with Gasteiger partial charge in [-0.05, 0) is 40.0 Å². The smallest absolute Gasteiger partial charge is 0.248 e. The molecule has 28 heavy (non-hydrogen) atoms. The second-order valence-electron chi connectivity index (χ2n) is 6.95. The molecule has 0 radical (unpaired) electrons. The van der Waals surface area contributed by atoms with Crippen LogP contribution in [0.25, 0.3) is 0 Å². The molecule has 9 heteroatoms. The van der Waals surface area contributed by atoms with Crippen molar-refractivity contribution in [1.82, 2.24) is 25.7 Å². The van der Waals surface area contributed by atoms with Crippen LogP contribution in [0.5, 0.6) is 0 Å². The third-order valence-corrected chi connectivity index (χ3v) is 4.73. The lowest BCUT2D eigenvalue weighted by Crippen LogP contribution is -2.48. The van der Waals surface area contributed by atoms with Crippen LogP contribution in [0.1, 0.15) is 57.9 Å². The van der Waals surface area contributed by atoms with Crippen LogP contribution < -0.4 is 10.6 Å². The first-order valence-electron chi connectivity index (χ1n) is 10.4. The van der Waals surface area contributed by atoms with Gasteiger partial charge in [0.2, 0.25) is 5.89 Å². The van der Waals surface area contributed by atoms with E-state index in [1.165, 1.54) is 0 Å². The normalized spacial score (nSPS) is 17.6. The van der Waals surface area contributed by atoms with Gasteiger partial charge in [0.05, 0.1) is 0 Å². The summed E-state index contributed by atoms with van der Waals surface area (Å²) < 4.78 is 15.9. The SMILES string of the molecule is CCNC(=NCc1nc(C(C)OCC)no1)NC1CCN(CCCOC)CC1. The fourth-order valence-electron chi connectivity index (χ4n) is 3.22. The Morgan fingerprint density at radius 2 is 2.14 bits per heavy atom. The number of aromatic nitrogens is 2. The molecule has 2 heterocycles. The number of methoxy groups -OCH3 is 1. The lowest BCUT2D eigenvalue weighted by Gasteiger charge is -2.33. The third kappa shape index (κ3) is 7.73. The van der Waals surface area contributed by atoms with Gasteiger partial charge < -0.3 is 29.5 Å². The molecule has 9 nitrogen and oxygen atoms in total. The van der Waals surface area contributed by atoms with E-state index in [9.17, 15) is 0 Å². The fraction of sp³-hybridized carbons (Fsp3) is 0.842. The van der Waals surface area contributed by atoms with Crippen molar-refractivity contribution >= 4 is 5.96 Å². The summed E-state index contributed by atoms with van der Waals surface area (Å²) in [6.45, 7) is 11.8. The second-order valence-corrected chi connectivity index (χ2v) is 6.95. The Labute approximate surface area is 168 Å². The number of hydrogen-bond donors (Lipinski definition) is 2. The number of likely N-dealkylation sites (tertiary alicyclic amines) is 1. The highest BCUT2D eigenvalue weighted by Crippen LogP contribution is 2.13. The van der Waals surface area contributed by atoms with Gasteiger partial charge >= 0.3 is 0 Å². The molecular weight excluding hydrogens is 360 g/mol. The van der Waals surface area contributed by atoms with Crippen LogP contribution in [0.15, 0.2) is 9.52 Å². The zero-order valence-electron chi connectivity index (χ0n) is 17.7. The Bertz CT molecular complexity index is 572. The molecule has 0 amide bonds. The predicted molar refractivity (Wildman–Crippen MR) is 108 cm³/mol. The minimum absolute atomic E-state index is 0.174. The van der Waals surface area contributed by atoms with Crippen LogP contribution in [-0.4, -0.2) is 73.5 Å². The van der Waals surface area contributed by atoms with Gasteiger partial charge in [-0.25, -0.2) is 4.99 Å². The molecule has 1 aromatic rings. The summed E-state index contributed by atoms with van der Waals surface area (Å²) in [6, 6.07) is 0.424. The van der Waals surface area contributed by atoms with Gasteiger partial charge in [-0.3, -0.25) is 0 Å². The maximum absolute atomic E-state index is 5.49. The van der Waals surface area contributed by atoms with E-state index < -0.39 is 0 Å². The summed E-state index contributed by atoms with van der Waals surface area (Å²) in [6.07, 6.45) is 3.13. The molecule has 1 aromatic heterocycles. The molecule has 1 saturated heterocycles. The van der Waals surface area contributed by atoms with E-state index in [1.807, 2.05) is 13.8 Å². The molecule has 1 fully saturated rings. The first-order valence-corrected chi connectivity index (χ1v) is 10.4. The van der Waals surface area contributed by atoms with Gasteiger partial charge in [0, 0.05) is 52.5 Å². The van der Waals surface area contributed by atoms with Crippen molar-refractivity contribution in [3.63, 3.8) is 0 Å². The Balaban J connectivity index is 1.81. The standard InChI is InChI=1S/C19H36N6O3/c1-5-20-19(21-14-17-23-18(24-28-17)15(3)27-6-2)22-16-8-11-25(12-9-16)10-7-13-26-4/h15-16H,5-14H2,1-4H3,(H2,20,21,22). The van der Waals surface area contributed by atoms with Crippen LogP contribution in [0.3, 0.4) is 0 Å². The third-order valence-electron chi connectivity index (χ3n) is 4.73. The summed E-state index contributed by atoms with van der Waals surface area (Å²) in [7, 11) is 1.76. The van der Waals surface area contributed by atoms with Crippen LogP contribution in [0.4, 0.5) is 0 Å². The van der Waals surface area contributed by atoms with Crippen molar-refractivity contribution in [2.75, 3.05) is 46.5 Å². The van der Waals surface area contributed by atoms with E-state index in [0.717, 1.165) is 58.0 Å². The molecule has 0 bridgehead atoms. The van der Waals surface area contributed by atoms with Gasteiger partial charge in [0.15, 0.2) is 11.8 Å². The minimum atomic E-state index is -0.174. The number of ether oxygens (including phenoxy) is 2. The van der Waals surface area contributed by atoms with Crippen LogP contribution in [-0.2, 0) is 16.0 Å². The molecule has 1 atom stereocenters. The number of aliphatic imine (C=N–C) groups is 1. The molecule has 160 valence electrons. The van der Waals surface area contributed by atoms with Gasteiger partial charge in [-0.2, -0.15) is 4.98 Å². The Hall–Kier alpha value is -1.71. The molecular formula is C19H36N6O3. The van der Waals surface area contributed by atoms with E-state index >= 15 is 0 Å². The van der Waals surface area contributed by atoms with Crippen molar-refractivity contribution in [3.05, 3.63) is 11.7 Å². The average molecular weight is 397 g/mol. The van der Waals surface area contributed by atoms with Crippen molar-refractivity contribution in [2.24, 2.45) is 4.99 Å². The molecule has 1 unspecified atom stereocenters. The van der Waals surface area contributed by atoms with E-state index in [0.29, 0.717) is 30.9 Å². The van der Waals surface area contributed by atoms with Crippen molar-refractivity contribution < 1.29 is 14.0 Å². The topological polar surface area (TPSA) is 97.0 Å². The van der Waals surface area contributed by atoms with E-state index in [-0.39, 0.29) is 6.10 Å². The number of nitrogens with zero attached hydrogens (tertiary/aromatic N) is 4. The molecule has 2 N–H and O–H groups in total. The van der Waals surface area contributed by atoms with E-state index in [4.69, 9.17) is 14.0 Å². The number of hydrogen-bond acceptors (Lipinski definition) is 7. The lowest BCUT2D eigenvalue weighted by molar-refractivity contribution is 0.0683. The highest BCUT2D eigenvalue weighted by Gasteiger charge is 2.20. The first-order chi connectivity index (χ1) is 13.7.